The molecule has 0 saturated heterocycles. The summed E-state index contributed by atoms with van der Waals surface area (Å²) < 4.78 is 10.7. The molecule has 0 aliphatic rings. The molecule has 2 N–H and O–H groups in total. The molecule has 0 aromatic heterocycles. The lowest BCUT2D eigenvalue weighted by molar-refractivity contribution is 0.352. The second-order valence-electron chi connectivity index (χ2n) is 5.12. The molecule has 0 radical (unpaired) electrons. The first kappa shape index (κ1) is 17.1. The van der Waals surface area contributed by atoms with E-state index in [0.29, 0.717) is 12.5 Å². The van der Waals surface area contributed by atoms with E-state index in [0.717, 1.165) is 36.1 Å². The maximum Gasteiger partial charge on any atom is 0.191 e. The molecule has 0 aliphatic carbocycles. The summed E-state index contributed by atoms with van der Waals surface area (Å²) in [6, 6.07) is 5.83. The van der Waals surface area contributed by atoms with Crippen LogP contribution >= 0.6 is 0 Å². The third-order valence-corrected chi connectivity index (χ3v) is 2.91. The van der Waals surface area contributed by atoms with E-state index in [9.17, 15) is 0 Å². The zero-order valence-electron chi connectivity index (χ0n) is 13.7. The maximum atomic E-state index is 5.42. The van der Waals surface area contributed by atoms with Crippen LogP contribution in [0.5, 0.6) is 11.5 Å². The van der Waals surface area contributed by atoms with Gasteiger partial charge in [-0.15, -0.1) is 0 Å². The van der Waals surface area contributed by atoms with Crippen molar-refractivity contribution in [3.63, 3.8) is 0 Å². The highest BCUT2D eigenvalue weighted by Gasteiger charge is 2.09. The fourth-order valence-corrected chi connectivity index (χ4v) is 1.88. The van der Waals surface area contributed by atoms with Gasteiger partial charge in [0, 0.05) is 18.7 Å². The van der Waals surface area contributed by atoms with E-state index in [2.05, 4.69) is 36.4 Å². The second kappa shape index (κ2) is 9.10. The van der Waals surface area contributed by atoms with Crippen molar-refractivity contribution in [1.29, 1.82) is 0 Å². The fraction of sp³-hybridized carbons (Fsp3) is 0.562. The molecule has 5 heteroatoms. The summed E-state index contributed by atoms with van der Waals surface area (Å²) in [6.07, 6.45) is 0. The molecule has 0 bridgehead atoms. The van der Waals surface area contributed by atoms with Crippen LogP contribution in [0.2, 0.25) is 0 Å². The Hall–Kier alpha value is -1.91. The summed E-state index contributed by atoms with van der Waals surface area (Å²) in [5, 5.41) is 6.56. The Balaban J connectivity index is 2.84. The molecule has 21 heavy (non-hydrogen) atoms. The van der Waals surface area contributed by atoms with Gasteiger partial charge in [-0.2, -0.15) is 0 Å². The summed E-state index contributed by atoms with van der Waals surface area (Å²) >= 11 is 0. The Morgan fingerprint density at radius 1 is 1.19 bits per heavy atom. The van der Waals surface area contributed by atoms with E-state index in [1.165, 1.54) is 0 Å². The van der Waals surface area contributed by atoms with Crippen LogP contribution in [0, 0.1) is 5.92 Å². The van der Waals surface area contributed by atoms with Crippen molar-refractivity contribution in [2.45, 2.75) is 27.3 Å². The van der Waals surface area contributed by atoms with Crippen LogP contribution in [-0.2, 0) is 6.54 Å². The quantitative estimate of drug-likeness (QED) is 0.599. The predicted octanol–water partition coefficient (Wildman–Crippen LogP) is 2.41. The van der Waals surface area contributed by atoms with E-state index in [-0.39, 0.29) is 0 Å². The van der Waals surface area contributed by atoms with Crippen LogP contribution in [0.4, 0.5) is 0 Å². The summed E-state index contributed by atoms with van der Waals surface area (Å²) in [6.45, 7) is 8.65. The first-order chi connectivity index (χ1) is 10.1. The topological polar surface area (TPSA) is 54.9 Å². The summed E-state index contributed by atoms with van der Waals surface area (Å²) in [7, 11) is 3.28. The molecule has 1 aromatic carbocycles. The molecule has 118 valence electrons. The molecule has 0 atom stereocenters. The number of nitrogens with zero attached hydrogens (tertiary/aromatic N) is 1. The number of hydrogen-bond donors (Lipinski definition) is 2. The number of para-hydroxylation sites is 1. The SMILES string of the molecule is CCNC(=NCc1cccc(OC)c1OC)NCC(C)C. The Morgan fingerprint density at radius 3 is 2.52 bits per heavy atom. The van der Waals surface area contributed by atoms with Gasteiger partial charge >= 0.3 is 0 Å². The van der Waals surface area contributed by atoms with Crippen molar-refractivity contribution in [1.82, 2.24) is 10.6 Å². The minimum absolute atomic E-state index is 0.536. The van der Waals surface area contributed by atoms with Gasteiger partial charge in [0.2, 0.25) is 0 Å². The molecule has 5 nitrogen and oxygen atoms in total. The first-order valence-corrected chi connectivity index (χ1v) is 7.34. The monoisotopic (exact) mass is 293 g/mol. The van der Waals surface area contributed by atoms with Gasteiger partial charge in [-0.1, -0.05) is 26.0 Å². The maximum absolute atomic E-state index is 5.42. The Bertz CT molecular complexity index is 459. The lowest BCUT2D eigenvalue weighted by Gasteiger charge is -2.14. The van der Waals surface area contributed by atoms with Gasteiger partial charge in [-0.3, -0.25) is 0 Å². The Labute approximate surface area is 127 Å². The normalized spacial score (nSPS) is 11.4. The van der Waals surface area contributed by atoms with Crippen molar-refractivity contribution in [2.75, 3.05) is 27.3 Å². The van der Waals surface area contributed by atoms with E-state index in [1.54, 1.807) is 14.2 Å². The number of aliphatic imine (C=N–C) groups is 1. The van der Waals surface area contributed by atoms with E-state index in [1.807, 2.05) is 18.2 Å². The smallest absolute Gasteiger partial charge is 0.191 e. The minimum atomic E-state index is 0.536. The van der Waals surface area contributed by atoms with Crippen LogP contribution in [-0.4, -0.2) is 33.3 Å². The standard InChI is InChI=1S/C16H27N3O2/c1-6-17-16(18-10-12(2)3)19-11-13-8-7-9-14(20-4)15(13)21-5/h7-9,12H,6,10-11H2,1-5H3,(H2,17,18,19). The lowest BCUT2D eigenvalue weighted by Crippen LogP contribution is -2.39. The molecular weight excluding hydrogens is 266 g/mol. The summed E-state index contributed by atoms with van der Waals surface area (Å²) in [5.41, 5.74) is 0.999. The summed E-state index contributed by atoms with van der Waals surface area (Å²) in [5.74, 6) is 2.85. The number of guanidine groups is 1. The highest BCUT2D eigenvalue weighted by atomic mass is 16.5. The van der Waals surface area contributed by atoms with Crippen molar-refractivity contribution < 1.29 is 9.47 Å². The number of methoxy groups -OCH3 is 2. The third-order valence-electron chi connectivity index (χ3n) is 2.91. The number of benzene rings is 1. The zero-order chi connectivity index (χ0) is 15.7. The molecule has 0 spiro atoms. The largest absolute Gasteiger partial charge is 0.493 e. The van der Waals surface area contributed by atoms with Crippen molar-refractivity contribution in [2.24, 2.45) is 10.9 Å². The molecular formula is C16H27N3O2. The highest BCUT2D eigenvalue weighted by Crippen LogP contribution is 2.30. The first-order valence-electron chi connectivity index (χ1n) is 7.34. The van der Waals surface area contributed by atoms with Crippen LogP contribution < -0.4 is 20.1 Å². The molecule has 0 amide bonds. The summed E-state index contributed by atoms with van der Waals surface area (Å²) in [4.78, 5) is 4.60. The van der Waals surface area contributed by atoms with Gasteiger partial charge in [0.15, 0.2) is 17.5 Å². The van der Waals surface area contributed by atoms with Crippen molar-refractivity contribution >= 4 is 5.96 Å². The van der Waals surface area contributed by atoms with Gasteiger partial charge in [0.05, 0.1) is 20.8 Å². The highest BCUT2D eigenvalue weighted by molar-refractivity contribution is 5.79. The lowest BCUT2D eigenvalue weighted by atomic mass is 10.2. The predicted molar refractivity (Wildman–Crippen MR) is 87.2 cm³/mol. The van der Waals surface area contributed by atoms with E-state index in [4.69, 9.17) is 9.47 Å². The van der Waals surface area contributed by atoms with Gasteiger partial charge in [0.1, 0.15) is 0 Å². The van der Waals surface area contributed by atoms with Gasteiger partial charge < -0.3 is 20.1 Å². The number of hydrogen-bond acceptors (Lipinski definition) is 3. The Morgan fingerprint density at radius 2 is 1.95 bits per heavy atom. The van der Waals surface area contributed by atoms with Crippen LogP contribution in [0.1, 0.15) is 26.3 Å². The van der Waals surface area contributed by atoms with E-state index >= 15 is 0 Å². The average molecular weight is 293 g/mol. The van der Waals surface area contributed by atoms with Crippen LogP contribution in [0.25, 0.3) is 0 Å². The van der Waals surface area contributed by atoms with Crippen LogP contribution in [0.3, 0.4) is 0 Å². The molecule has 0 heterocycles. The van der Waals surface area contributed by atoms with Crippen LogP contribution in [0.15, 0.2) is 23.2 Å². The molecule has 1 rings (SSSR count). The fourth-order valence-electron chi connectivity index (χ4n) is 1.88. The number of ether oxygens (including phenoxy) is 2. The second-order valence-corrected chi connectivity index (χ2v) is 5.12. The zero-order valence-corrected chi connectivity index (χ0v) is 13.7. The Kier molecular flexibility index (Phi) is 7.43. The number of rotatable bonds is 7. The van der Waals surface area contributed by atoms with Crippen molar-refractivity contribution in [3.8, 4) is 11.5 Å². The molecule has 0 fully saturated rings. The molecule has 0 saturated carbocycles. The van der Waals surface area contributed by atoms with E-state index < -0.39 is 0 Å². The third kappa shape index (κ3) is 5.53. The average Bonchev–Trinajstić information content (AvgIpc) is 2.49. The molecule has 0 unspecified atom stereocenters. The molecule has 1 aromatic rings. The van der Waals surface area contributed by atoms with Gasteiger partial charge in [-0.05, 0) is 18.9 Å². The minimum Gasteiger partial charge on any atom is -0.493 e. The number of nitrogens with one attached hydrogen (secondary N) is 2. The van der Waals surface area contributed by atoms with Gasteiger partial charge in [-0.25, -0.2) is 4.99 Å². The van der Waals surface area contributed by atoms with Gasteiger partial charge in [0.25, 0.3) is 0 Å². The van der Waals surface area contributed by atoms with Crippen molar-refractivity contribution in [3.05, 3.63) is 23.8 Å². The molecule has 0 aliphatic heterocycles.